The van der Waals surface area contributed by atoms with Crippen molar-refractivity contribution in [2.45, 2.75) is 177 Å². The van der Waals surface area contributed by atoms with Crippen LogP contribution in [0.15, 0.2) is 155 Å². The molecule has 0 fully saturated rings. The maximum Gasteiger partial charge on any atom is 0.207 e. The third-order valence-corrected chi connectivity index (χ3v) is 19.6. The van der Waals surface area contributed by atoms with Crippen LogP contribution in [-0.4, -0.2) is 8.42 Å². The van der Waals surface area contributed by atoms with E-state index in [1.165, 1.54) is 147 Å². The third kappa shape index (κ3) is 8.41. The van der Waals surface area contributed by atoms with Crippen molar-refractivity contribution in [2.75, 3.05) is 0 Å². The molecule has 8 aromatic rings. The van der Waals surface area contributed by atoms with Gasteiger partial charge in [-0.2, -0.15) is 0 Å². The maximum atomic E-state index is 15.7. The summed E-state index contributed by atoms with van der Waals surface area (Å²) in [5, 5.41) is 4.18. The van der Waals surface area contributed by atoms with Crippen molar-refractivity contribution < 1.29 is 8.42 Å². The summed E-state index contributed by atoms with van der Waals surface area (Å²) in [4.78, 5) is 0.852. The van der Waals surface area contributed by atoms with Crippen LogP contribution >= 0.6 is 0 Å². The Balaban J connectivity index is 1.06. The molecule has 0 saturated heterocycles. The van der Waals surface area contributed by atoms with Crippen LogP contribution in [0.2, 0.25) is 0 Å². The first kappa shape index (κ1) is 49.4. The Bertz CT molecular complexity index is 3200. The van der Waals surface area contributed by atoms with E-state index in [0.29, 0.717) is 9.79 Å². The molecule has 3 heteroatoms. The van der Waals surface area contributed by atoms with Crippen LogP contribution in [0, 0.1) is 0 Å². The summed E-state index contributed by atoms with van der Waals surface area (Å²) in [6, 6.07) is 53.9. The molecule has 374 valence electrons. The van der Waals surface area contributed by atoms with Gasteiger partial charge in [0.2, 0.25) is 9.84 Å². The monoisotopic (exact) mass is 981 g/mol. The molecule has 0 atom stereocenters. The Labute approximate surface area is 437 Å². The van der Waals surface area contributed by atoms with Gasteiger partial charge < -0.3 is 0 Å². The molecule has 0 bridgehead atoms. The van der Waals surface area contributed by atoms with Gasteiger partial charge in [0.15, 0.2) is 0 Å². The highest BCUT2D eigenvalue weighted by atomic mass is 32.2. The number of rotatable bonds is 22. The van der Waals surface area contributed by atoms with E-state index in [0.717, 1.165) is 80.6 Å². The van der Waals surface area contributed by atoms with E-state index in [2.05, 4.69) is 161 Å². The van der Waals surface area contributed by atoms with Crippen molar-refractivity contribution in [2.24, 2.45) is 0 Å². The zero-order valence-electron chi connectivity index (χ0n) is 44.2. The van der Waals surface area contributed by atoms with Crippen LogP contribution in [-0.2, 0) is 20.7 Å². The molecule has 0 aromatic heterocycles. The predicted molar refractivity (Wildman–Crippen MR) is 311 cm³/mol. The maximum absolute atomic E-state index is 15.7. The summed E-state index contributed by atoms with van der Waals surface area (Å²) in [6.07, 6.45) is 24.2. The number of unbranched alkanes of at least 4 members (excludes halogenated alkanes) is 12. The number of sulfone groups is 1. The van der Waals surface area contributed by atoms with Crippen LogP contribution in [0.4, 0.5) is 0 Å². The zero-order chi connectivity index (χ0) is 50.2. The van der Waals surface area contributed by atoms with E-state index in [9.17, 15) is 0 Å². The number of benzene rings is 8. The molecule has 11 rings (SSSR count). The third-order valence-electron chi connectivity index (χ3n) is 17.8. The first-order valence-electron chi connectivity index (χ1n) is 28.7. The molecular weight excluding hydrogens is 905 g/mol. The highest BCUT2D eigenvalue weighted by Gasteiger charge is 2.45. The molecule has 73 heavy (non-hydrogen) atoms. The fraction of sp³-hybridized carbons (Fsp3) is 0.371. The Kier molecular flexibility index (Phi) is 14.1. The van der Waals surface area contributed by atoms with E-state index in [-0.39, 0.29) is 10.8 Å². The van der Waals surface area contributed by atoms with Crippen LogP contribution < -0.4 is 0 Å². The van der Waals surface area contributed by atoms with Crippen molar-refractivity contribution in [3.05, 3.63) is 168 Å². The Morgan fingerprint density at radius 2 is 0.644 bits per heavy atom. The Morgan fingerprint density at radius 3 is 1.01 bits per heavy atom. The van der Waals surface area contributed by atoms with Gasteiger partial charge in [-0.15, -0.1) is 0 Å². The molecule has 1 heterocycles. The second-order valence-corrected chi connectivity index (χ2v) is 24.1. The lowest BCUT2D eigenvalue weighted by atomic mass is 9.70. The van der Waals surface area contributed by atoms with Crippen molar-refractivity contribution in [3.8, 4) is 55.6 Å². The van der Waals surface area contributed by atoms with Crippen molar-refractivity contribution in [3.63, 3.8) is 0 Å². The van der Waals surface area contributed by atoms with Gasteiger partial charge in [-0.25, -0.2) is 8.42 Å². The molecule has 3 aliphatic rings. The number of hydrogen-bond acceptors (Lipinski definition) is 2. The van der Waals surface area contributed by atoms with Gasteiger partial charge in [0.1, 0.15) is 0 Å². The lowest BCUT2D eigenvalue weighted by Crippen LogP contribution is -2.25. The molecule has 8 aromatic carbocycles. The van der Waals surface area contributed by atoms with Crippen molar-refractivity contribution in [1.29, 1.82) is 0 Å². The zero-order valence-corrected chi connectivity index (χ0v) is 45.0. The Hall–Kier alpha value is -5.77. The fourth-order valence-corrected chi connectivity index (χ4v) is 16.0. The highest BCUT2D eigenvalue weighted by molar-refractivity contribution is 7.92. The minimum Gasteiger partial charge on any atom is -0.218 e. The second-order valence-electron chi connectivity index (χ2n) is 22.2. The Morgan fingerprint density at radius 1 is 0.315 bits per heavy atom. The molecule has 0 N–H and O–H groups in total. The lowest BCUT2D eigenvalue weighted by Gasteiger charge is -2.33. The summed E-state index contributed by atoms with van der Waals surface area (Å²) in [5.74, 6) is 0. The average molecular weight is 981 g/mol. The summed E-state index contributed by atoms with van der Waals surface area (Å²) in [6.45, 7) is 9.21. The van der Waals surface area contributed by atoms with Gasteiger partial charge >= 0.3 is 0 Å². The lowest BCUT2D eigenvalue weighted by molar-refractivity contribution is 0.401. The van der Waals surface area contributed by atoms with E-state index >= 15 is 8.42 Å². The number of fused-ring (bicyclic) bond motifs is 13. The largest absolute Gasteiger partial charge is 0.218 e. The molecular formula is C70H76O2S. The minimum absolute atomic E-state index is 0.0717. The van der Waals surface area contributed by atoms with Crippen molar-refractivity contribution in [1.82, 2.24) is 0 Å². The van der Waals surface area contributed by atoms with E-state index in [1.807, 2.05) is 12.1 Å². The van der Waals surface area contributed by atoms with Crippen LogP contribution in [0.5, 0.6) is 0 Å². The van der Waals surface area contributed by atoms with Gasteiger partial charge in [-0.05, 0) is 138 Å². The molecule has 2 nitrogen and oxygen atoms in total. The summed E-state index contributed by atoms with van der Waals surface area (Å²) >= 11 is 0. The molecule has 0 saturated carbocycles. The van der Waals surface area contributed by atoms with Gasteiger partial charge in [0.05, 0.1) is 9.79 Å². The first-order chi connectivity index (χ1) is 35.8. The predicted octanol–water partition coefficient (Wildman–Crippen LogP) is 20.6. The molecule has 0 spiro atoms. The first-order valence-corrected chi connectivity index (χ1v) is 30.2. The van der Waals surface area contributed by atoms with Crippen LogP contribution in [0.25, 0.3) is 77.2 Å². The summed E-state index contributed by atoms with van der Waals surface area (Å²) in [5.41, 5.74) is 17.0. The molecule has 0 amide bonds. The summed E-state index contributed by atoms with van der Waals surface area (Å²) in [7, 11) is -3.93. The van der Waals surface area contributed by atoms with Crippen LogP contribution in [0.1, 0.15) is 178 Å². The van der Waals surface area contributed by atoms with Crippen LogP contribution in [0.3, 0.4) is 0 Å². The quantitative estimate of drug-likeness (QED) is 0.0634. The minimum atomic E-state index is -3.93. The second kappa shape index (κ2) is 20.9. The number of hydrogen-bond donors (Lipinski definition) is 0. The summed E-state index contributed by atoms with van der Waals surface area (Å²) < 4.78 is 31.4. The van der Waals surface area contributed by atoms with Gasteiger partial charge in [0.25, 0.3) is 0 Å². The molecule has 0 radical (unpaired) electrons. The van der Waals surface area contributed by atoms with Gasteiger partial charge in [0, 0.05) is 22.0 Å². The highest BCUT2D eigenvalue weighted by Crippen LogP contribution is 2.59. The van der Waals surface area contributed by atoms with Crippen molar-refractivity contribution >= 4 is 31.4 Å². The van der Waals surface area contributed by atoms with Gasteiger partial charge in [-0.3, -0.25) is 0 Å². The average Bonchev–Trinajstić information content (AvgIpc) is 3.95. The van der Waals surface area contributed by atoms with E-state index in [1.54, 1.807) is 0 Å². The smallest absolute Gasteiger partial charge is 0.207 e. The normalized spacial score (nSPS) is 15.0. The SMILES string of the molecule is CCCCCCC1(CCCCCC)c2ccccc2-c2ccc(-c3cc4c(c5ccccc35)-c3c(cc(-c5ccc6c(c5)C(CCCCCC)(CCCCCC)c5ccccc5-6)c5ccccc35)S4(=O)=O)cc21. The van der Waals surface area contributed by atoms with E-state index < -0.39 is 9.84 Å². The molecule has 0 unspecified atom stereocenters. The fourth-order valence-electron chi connectivity index (χ4n) is 14.2. The van der Waals surface area contributed by atoms with Gasteiger partial charge in [-0.1, -0.05) is 252 Å². The topological polar surface area (TPSA) is 34.1 Å². The molecule has 1 aliphatic heterocycles. The standard InChI is InChI=1S/C70H76O2S/c1-5-9-13-25-41-69(42-26-14-10-6-2)61-35-23-21-31-53(61)55-39-37-49(45-63(55)69)59-47-65-67(57-33-19-17-29-51(57)59)68-58-34-20-18-30-52(58)60(48-66(68)73(65,71)72)50-38-40-56-54-32-22-24-36-62(54)70(64(56)46-50,43-27-15-11-7-3)44-28-16-12-8-4/h17-24,29-40,45-48H,5-16,25-28,41-44H2,1-4H3. The molecule has 2 aliphatic carbocycles. The van der Waals surface area contributed by atoms with E-state index in [4.69, 9.17) is 0 Å².